The summed E-state index contributed by atoms with van der Waals surface area (Å²) in [7, 11) is 0. The van der Waals surface area contributed by atoms with Crippen LogP contribution < -0.4 is 4.74 Å². The fourth-order valence-electron chi connectivity index (χ4n) is 1.16. The molecule has 0 amide bonds. The lowest BCUT2D eigenvalue weighted by Gasteiger charge is -2.07. The fraction of sp³-hybridized carbons (Fsp3) is 0.400. The number of hydrogen-bond acceptors (Lipinski definition) is 3. The molecule has 0 atom stereocenters. The molecule has 3 heteroatoms. The number of hydrogen-bond donors (Lipinski definition) is 2. The summed E-state index contributed by atoms with van der Waals surface area (Å²) in [6, 6.07) is 5.29. The van der Waals surface area contributed by atoms with Gasteiger partial charge in [-0.25, -0.2) is 0 Å². The summed E-state index contributed by atoms with van der Waals surface area (Å²) >= 11 is 0. The summed E-state index contributed by atoms with van der Waals surface area (Å²) in [5.74, 6) is 0.693. The Hall–Kier alpha value is -1.06. The van der Waals surface area contributed by atoms with E-state index in [9.17, 15) is 0 Å². The number of aliphatic hydroxyl groups excluding tert-OH is 2. The molecule has 0 saturated carbocycles. The van der Waals surface area contributed by atoms with Crippen LogP contribution in [0.4, 0.5) is 0 Å². The second-order valence-corrected chi connectivity index (χ2v) is 2.73. The molecule has 0 aliphatic heterocycles. The van der Waals surface area contributed by atoms with Crippen molar-refractivity contribution in [2.75, 3.05) is 6.61 Å². The second kappa shape index (κ2) is 4.84. The maximum atomic E-state index is 8.91. The van der Waals surface area contributed by atoms with Crippen molar-refractivity contribution in [1.82, 2.24) is 0 Å². The summed E-state index contributed by atoms with van der Waals surface area (Å²) in [5, 5.41) is 17.8. The fourth-order valence-corrected chi connectivity index (χ4v) is 1.16. The summed E-state index contributed by atoms with van der Waals surface area (Å²) in [6.07, 6.45) is 0. The van der Waals surface area contributed by atoms with Gasteiger partial charge in [0.25, 0.3) is 0 Å². The Kier molecular flexibility index (Phi) is 3.73. The molecule has 0 bridgehead atoms. The maximum Gasteiger partial charge on any atom is 0.119 e. The lowest BCUT2D eigenvalue weighted by Crippen LogP contribution is -1.95. The van der Waals surface area contributed by atoms with E-state index in [1.807, 2.05) is 6.92 Å². The van der Waals surface area contributed by atoms with E-state index >= 15 is 0 Å². The zero-order valence-corrected chi connectivity index (χ0v) is 7.66. The third-order valence-electron chi connectivity index (χ3n) is 1.70. The molecule has 0 saturated heterocycles. The SMILES string of the molecule is CCOc1cc(CO)cc(CO)c1. The standard InChI is InChI=1S/C10H14O3/c1-2-13-10-4-8(6-11)3-9(5-10)7-12/h3-5,11-12H,2,6-7H2,1H3. The Morgan fingerprint density at radius 3 is 2.00 bits per heavy atom. The van der Waals surface area contributed by atoms with Gasteiger partial charge in [-0.15, -0.1) is 0 Å². The van der Waals surface area contributed by atoms with Gasteiger partial charge in [-0.3, -0.25) is 0 Å². The molecule has 72 valence electrons. The number of benzene rings is 1. The summed E-state index contributed by atoms with van der Waals surface area (Å²) in [5.41, 5.74) is 1.52. The minimum absolute atomic E-state index is 0.0338. The van der Waals surface area contributed by atoms with Crippen LogP contribution in [0.2, 0.25) is 0 Å². The highest BCUT2D eigenvalue weighted by molar-refractivity contribution is 5.33. The van der Waals surface area contributed by atoms with Gasteiger partial charge in [-0.1, -0.05) is 6.07 Å². The molecule has 0 fully saturated rings. The molecule has 13 heavy (non-hydrogen) atoms. The van der Waals surface area contributed by atoms with Crippen molar-refractivity contribution in [2.45, 2.75) is 20.1 Å². The van der Waals surface area contributed by atoms with Crippen molar-refractivity contribution >= 4 is 0 Å². The molecule has 0 aliphatic rings. The zero-order valence-electron chi connectivity index (χ0n) is 7.66. The van der Waals surface area contributed by atoms with Crippen molar-refractivity contribution in [2.24, 2.45) is 0 Å². The van der Waals surface area contributed by atoms with Gasteiger partial charge in [0.05, 0.1) is 19.8 Å². The van der Waals surface area contributed by atoms with Gasteiger partial charge in [-0.05, 0) is 30.2 Å². The lowest BCUT2D eigenvalue weighted by molar-refractivity contribution is 0.272. The van der Waals surface area contributed by atoms with Crippen LogP contribution in [0, 0.1) is 0 Å². The normalized spacial score (nSPS) is 10.1. The van der Waals surface area contributed by atoms with Crippen LogP contribution in [0.1, 0.15) is 18.1 Å². The highest BCUT2D eigenvalue weighted by atomic mass is 16.5. The first-order chi connectivity index (χ1) is 6.30. The van der Waals surface area contributed by atoms with E-state index in [0.29, 0.717) is 12.4 Å². The van der Waals surface area contributed by atoms with Crippen molar-refractivity contribution in [3.8, 4) is 5.75 Å². The predicted molar refractivity (Wildman–Crippen MR) is 49.5 cm³/mol. The van der Waals surface area contributed by atoms with Gasteiger partial charge in [0, 0.05) is 0 Å². The van der Waals surface area contributed by atoms with Crippen molar-refractivity contribution in [3.05, 3.63) is 29.3 Å². The quantitative estimate of drug-likeness (QED) is 0.732. The first kappa shape index (κ1) is 10.0. The first-order valence-electron chi connectivity index (χ1n) is 4.27. The van der Waals surface area contributed by atoms with Crippen LogP contribution in [0.25, 0.3) is 0 Å². The van der Waals surface area contributed by atoms with Crippen LogP contribution in [0.3, 0.4) is 0 Å². The maximum absolute atomic E-state index is 8.91. The summed E-state index contributed by atoms with van der Waals surface area (Å²) in [4.78, 5) is 0. The van der Waals surface area contributed by atoms with Crippen molar-refractivity contribution < 1.29 is 14.9 Å². The number of ether oxygens (including phenoxy) is 1. The van der Waals surface area contributed by atoms with Gasteiger partial charge in [0.1, 0.15) is 5.75 Å². The summed E-state index contributed by atoms with van der Waals surface area (Å²) in [6.45, 7) is 2.41. The Labute approximate surface area is 77.6 Å². The molecule has 1 aromatic rings. The smallest absolute Gasteiger partial charge is 0.119 e. The Morgan fingerprint density at radius 1 is 1.08 bits per heavy atom. The molecule has 0 radical (unpaired) electrons. The molecule has 3 nitrogen and oxygen atoms in total. The monoisotopic (exact) mass is 182 g/mol. The highest BCUT2D eigenvalue weighted by Crippen LogP contribution is 2.17. The van der Waals surface area contributed by atoms with Gasteiger partial charge in [0.15, 0.2) is 0 Å². The molecule has 0 aliphatic carbocycles. The summed E-state index contributed by atoms with van der Waals surface area (Å²) < 4.78 is 5.27. The molecular formula is C10H14O3. The van der Waals surface area contributed by atoms with E-state index in [4.69, 9.17) is 14.9 Å². The minimum atomic E-state index is -0.0338. The van der Waals surface area contributed by atoms with Gasteiger partial charge >= 0.3 is 0 Å². The molecule has 0 unspecified atom stereocenters. The molecule has 0 aromatic heterocycles. The van der Waals surface area contributed by atoms with Crippen molar-refractivity contribution in [3.63, 3.8) is 0 Å². The first-order valence-corrected chi connectivity index (χ1v) is 4.27. The third kappa shape index (κ3) is 2.72. The highest BCUT2D eigenvalue weighted by Gasteiger charge is 1.99. The molecule has 0 spiro atoms. The molecule has 0 heterocycles. The largest absolute Gasteiger partial charge is 0.494 e. The topological polar surface area (TPSA) is 49.7 Å². The third-order valence-corrected chi connectivity index (χ3v) is 1.70. The van der Waals surface area contributed by atoms with Crippen LogP contribution in [-0.4, -0.2) is 16.8 Å². The second-order valence-electron chi connectivity index (χ2n) is 2.73. The van der Waals surface area contributed by atoms with Crippen LogP contribution in [0.15, 0.2) is 18.2 Å². The Morgan fingerprint density at radius 2 is 1.62 bits per heavy atom. The molecule has 2 N–H and O–H groups in total. The van der Waals surface area contributed by atoms with E-state index in [1.54, 1.807) is 18.2 Å². The molecular weight excluding hydrogens is 168 g/mol. The predicted octanol–water partition coefficient (Wildman–Crippen LogP) is 1.07. The van der Waals surface area contributed by atoms with Gasteiger partial charge < -0.3 is 14.9 Å². The number of aliphatic hydroxyl groups is 2. The minimum Gasteiger partial charge on any atom is -0.494 e. The Balaban J connectivity index is 2.93. The van der Waals surface area contributed by atoms with Crippen LogP contribution in [0.5, 0.6) is 5.75 Å². The van der Waals surface area contributed by atoms with E-state index in [-0.39, 0.29) is 13.2 Å². The van der Waals surface area contributed by atoms with Gasteiger partial charge in [0.2, 0.25) is 0 Å². The molecule has 1 rings (SSSR count). The average Bonchev–Trinajstić information content (AvgIpc) is 2.17. The lowest BCUT2D eigenvalue weighted by atomic mass is 10.1. The van der Waals surface area contributed by atoms with E-state index < -0.39 is 0 Å². The Bertz CT molecular complexity index is 249. The van der Waals surface area contributed by atoms with Crippen LogP contribution >= 0.6 is 0 Å². The van der Waals surface area contributed by atoms with E-state index in [1.165, 1.54) is 0 Å². The van der Waals surface area contributed by atoms with E-state index in [2.05, 4.69) is 0 Å². The van der Waals surface area contributed by atoms with Crippen molar-refractivity contribution in [1.29, 1.82) is 0 Å². The van der Waals surface area contributed by atoms with Crippen LogP contribution in [-0.2, 0) is 13.2 Å². The van der Waals surface area contributed by atoms with Gasteiger partial charge in [-0.2, -0.15) is 0 Å². The van der Waals surface area contributed by atoms with E-state index in [0.717, 1.165) is 11.1 Å². The average molecular weight is 182 g/mol. The zero-order chi connectivity index (χ0) is 9.68. The molecule has 1 aromatic carbocycles. The number of rotatable bonds is 4.